The third-order valence-electron chi connectivity index (χ3n) is 3.33. The van der Waals surface area contributed by atoms with Crippen LogP contribution in [0.1, 0.15) is 47.0 Å². The van der Waals surface area contributed by atoms with Gasteiger partial charge in [-0.25, -0.2) is 4.79 Å². The summed E-state index contributed by atoms with van der Waals surface area (Å²) < 4.78 is 36.3. The van der Waals surface area contributed by atoms with Crippen LogP contribution in [0.25, 0.3) is 0 Å². The third-order valence-corrected chi connectivity index (χ3v) is 4.65. The maximum absolute atomic E-state index is 11.6. The summed E-state index contributed by atoms with van der Waals surface area (Å²) in [6.45, 7) is 6.84. The average molecular weight is 293 g/mol. The number of hydrogen-bond donors (Lipinski definition) is 2. The smallest absolute Gasteiger partial charge is 0.407 e. The fourth-order valence-electron chi connectivity index (χ4n) is 2.29. The normalized spacial score (nSPS) is 25.9. The molecule has 0 radical (unpaired) electrons. The van der Waals surface area contributed by atoms with Crippen LogP contribution in [0.2, 0.25) is 0 Å². The summed E-state index contributed by atoms with van der Waals surface area (Å²) in [5.41, 5.74) is -0.552. The van der Waals surface area contributed by atoms with Crippen LogP contribution in [0.5, 0.6) is 0 Å². The molecule has 0 aromatic carbocycles. The van der Waals surface area contributed by atoms with Crippen molar-refractivity contribution >= 4 is 16.2 Å². The summed E-state index contributed by atoms with van der Waals surface area (Å²) in [5, 5.41) is 1.94. The number of amides is 1. The van der Waals surface area contributed by atoms with Gasteiger partial charge in [0.05, 0.1) is 5.25 Å². The van der Waals surface area contributed by atoms with Crippen molar-refractivity contribution in [3.63, 3.8) is 0 Å². The highest BCUT2D eigenvalue weighted by Crippen LogP contribution is 2.31. The third kappa shape index (κ3) is 5.36. The number of ether oxygens (including phenoxy) is 1. The maximum atomic E-state index is 11.6. The molecule has 0 spiro atoms. The molecule has 1 aliphatic carbocycles. The summed E-state index contributed by atoms with van der Waals surface area (Å²) >= 11 is 0. The Kier molecular flexibility index (Phi) is 4.84. The van der Waals surface area contributed by atoms with Crippen molar-refractivity contribution < 1.29 is 22.5 Å². The van der Waals surface area contributed by atoms with Gasteiger partial charge in [0.1, 0.15) is 5.60 Å². The molecule has 3 atom stereocenters. The Labute approximate surface area is 114 Å². The molecule has 0 aromatic heterocycles. The Morgan fingerprint density at radius 2 is 1.95 bits per heavy atom. The van der Waals surface area contributed by atoms with E-state index in [1.807, 2.05) is 0 Å². The quantitative estimate of drug-likeness (QED) is 0.776. The first-order valence-electron chi connectivity index (χ1n) is 6.45. The zero-order valence-corrected chi connectivity index (χ0v) is 12.7. The highest BCUT2D eigenvalue weighted by atomic mass is 32.2. The number of nitrogens with one attached hydrogen (secondary N) is 1. The van der Waals surface area contributed by atoms with E-state index in [1.165, 1.54) is 6.92 Å². The van der Waals surface area contributed by atoms with Crippen molar-refractivity contribution in [2.75, 3.05) is 0 Å². The molecule has 1 fully saturated rings. The maximum Gasteiger partial charge on any atom is 0.407 e. The molecular weight excluding hydrogens is 270 g/mol. The predicted octanol–water partition coefficient (Wildman–Crippen LogP) is 1.96. The lowest BCUT2D eigenvalue weighted by Gasteiger charge is -2.22. The van der Waals surface area contributed by atoms with Crippen molar-refractivity contribution in [1.82, 2.24) is 5.32 Å². The highest BCUT2D eigenvalue weighted by molar-refractivity contribution is 7.86. The number of alkyl carbamates (subject to hydrolysis) is 1. The Balaban J connectivity index is 2.47. The number of hydrogen-bond acceptors (Lipinski definition) is 4. The van der Waals surface area contributed by atoms with Gasteiger partial charge in [-0.1, -0.05) is 0 Å². The van der Waals surface area contributed by atoms with E-state index in [1.54, 1.807) is 20.8 Å². The van der Waals surface area contributed by atoms with E-state index < -0.39 is 27.1 Å². The standard InChI is InChI=1S/C12H23NO5S/c1-8(19(15,16)17)9-5-6-10(7-9)13-11(14)18-12(2,3)4/h8-10H,5-7H2,1-4H3,(H,13,14)(H,15,16,17)/t8-,9?,10+/m0/s1. The van der Waals surface area contributed by atoms with Crippen LogP contribution in [0.3, 0.4) is 0 Å². The number of carbonyl (C=O) groups excluding carboxylic acids is 1. The lowest BCUT2D eigenvalue weighted by atomic mass is 10.0. The minimum Gasteiger partial charge on any atom is -0.444 e. The van der Waals surface area contributed by atoms with Crippen LogP contribution >= 0.6 is 0 Å². The minimum absolute atomic E-state index is 0.0935. The molecule has 112 valence electrons. The van der Waals surface area contributed by atoms with Crippen LogP contribution in [-0.4, -0.2) is 36.0 Å². The molecule has 0 heterocycles. The second-order valence-corrected chi connectivity index (χ2v) is 7.91. The Hall–Kier alpha value is -0.820. The van der Waals surface area contributed by atoms with Crippen LogP contribution < -0.4 is 5.32 Å². The zero-order chi connectivity index (χ0) is 14.8. The van der Waals surface area contributed by atoms with Gasteiger partial charge >= 0.3 is 6.09 Å². The first-order valence-corrected chi connectivity index (χ1v) is 7.95. The molecule has 6 nitrogen and oxygen atoms in total. The summed E-state index contributed by atoms with van der Waals surface area (Å²) in [7, 11) is -4.01. The van der Waals surface area contributed by atoms with E-state index in [0.29, 0.717) is 19.3 Å². The molecule has 1 rings (SSSR count). The van der Waals surface area contributed by atoms with Gasteiger partial charge in [-0.2, -0.15) is 8.42 Å². The Morgan fingerprint density at radius 3 is 2.42 bits per heavy atom. The van der Waals surface area contributed by atoms with Crippen molar-refractivity contribution in [3.8, 4) is 0 Å². The average Bonchev–Trinajstić information content (AvgIpc) is 2.60. The SMILES string of the molecule is C[C@@H](C1CC[C@@H](NC(=O)OC(C)(C)C)C1)S(=O)(=O)O. The molecule has 2 N–H and O–H groups in total. The first kappa shape index (κ1) is 16.2. The summed E-state index contributed by atoms with van der Waals surface area (Å²) in [5.74, 6) is -0.130. The van der Waals surface area contributed by atoms with Crippen molar-refractivity contribution in [2.24, 2.45) is 5.92 Å². The van der Waals surface area contributed by atoms with Crippen molar-refractivity contribution in [2.45, 2.75) is 63.9 Å². The van der Waals surface area contributed by atoms with E-state index in [-0.39, 0.29) is 12.0 Å². The number of rotatable bonds is 3. The molecule has 0 bridgehead atoms. The Morgan fingerprint density at radius 1 is 1.37 bits per heavy atom. The zero-order valence-electron chi connectivity index (χ0n) is 11.8. The fourth-order valence-corrected chi connectivity index (χ4v) is 3.02. The van der Waals surface area contributed by atoms with E-state index in [9.17, 15) is 13.2 Å². The van der Waals surface area contributed by atoms with Crippen LogP contribution in [-0.2, 0) is 14.9 Å². The molecule has 0 saturated heterocycles. The molecule has 1 saturated carbocycles. The van der Waals surface area contributed by atoms with E-state index in [2.05, 4.69) is 5.32 Å². The molecule has 19 heavy (non-hydrogen) atoms. The van der Waals surface area contributed by atoms with Crippen molar-refractivity contribution in [3.05, 3.63) is 0 Å². The second-order valence-electron chi connectivity index (χ2n) is 6.14. The van der Waals surface area contributed by atoms with Crippen LogP contribution in [0.4, 0.5) is 4.79 Å². The summed E-state index contributed by atoms with van der Waals surface area (Å²) in [6.07, 6.45) is 1.42. The molecular formula is C12H23NO5S. The topological polar surface area (TPSA) is 92.7 Å². The minimum atomic E-state index is -4.01. The van der Waals surface area contributed by atoms with Gasteiger partial charge < -0.3 is 10.1 Å². The Bertz CT molecular complexity index is 426. The van der Waals surface area contributed by atoms with Gasteiger partial charge in [0.25, 0.3) is 10.1 Å². The second kappa shape index (κ2) is 5.66. The van der Waals surface area contributed by atoms with E-state index >= 15 is 0 Å². The lowest BCUT2D eigenvalue weighted by Crippen LogP contribution is -2.38. The van der Waals surface area contributed by atoms with Gasteiger partial charge in [0, 0.05) is 6.04 Å². The molecule has 1 amide bonds. The molecule has 7 heteroatoms. The van der Waals surface area contributed by atoms with Gasteiger partial charge in [0.15, 0.2) is 0 Å². The van der Waals surface area contributed by atoms with E-state index in [0.717, 1.165) is 0 Å². The molecule has 0 aliphatic heterocycles. The van der Waals surface area contributed by atoms with Gasteiger partial charge in [-0.15, -0.1) is 0 Å². The molecule has 1 aliphatic rings. The summed E-state index contributed by atoms with van der Waals surface area (Å²) in [4.78, 5) is 11.6. The summed E-state index contributed by atoms with van der Waals surface area (Å²) in [6, 6.07) is -0.0935. The van der Waals surface area contributed by atoms with Crippen molar-refractivity contribution in [1.29, 1.82) is 0 Å². The van der Waals surface area contributed by atoms with Gasteiger partial charge in [-0.3, -0.25) is 4.55 Å². The largest absolute Gasteiger partial charge is 0.444 e. The van der Waals surface area contributed by atoms with Crippen LogP contribution in [0.15, 0.2) is 0 Å². The highest BCUT2D eigenvalue weighted by Gasteiger charge is 2.35. The van der Waals surface area contributed by atoms with Gasteiger partial charge in [0.2, 0.25) is 0 Å². The number of carbonyl (C=O) groups is 1. The van der Waals surface area contributed by atoms with Crippen LogP contribution in [0, 0.1) is 5.92 Å². The molecule has 1 unspecified atom stereocenters. The fraction of sp³-hybridized carbons (Fsp3) is 0.917. The first-order chi connectivity index (χ1) is 8.49. The monoisotopic (exact) mass is 293 g/mol. The van der Waals surface area contributed by atoms with Gasteiger partial charge in [-0.05, 0) is 52.9 Å². The lowest BCUT2D eigenvalue weighted by molar-refractivity contribution is 0.0504. The molecule has 0 aromatic rings. The predicted molar refractivity (Wildman–Crippen MR) is 71.5 cm³/mol. The van der Waals surface area contributed by atoms with E-state index in [4.69, 9.17) is 9.29 Å².